The minimum Gasteiger partial charge on any atom is -0.496 e. The molecule has 162 valence electrons. The van der Waals surface area contributed by atoms with Gasteiger partial charge in [0.05, 0.1) is 43.6 Å². The number of carbonyl (C=O) groups is 1. The SMILES string of the molecule is COc1ccc(C2(O)CC3COCC(C2)N3C(=O)OC(C)(C)C)cc1C(F)(F)F. The summed E-state index contributed by atoms with van der Waals surface area (Å²) < 4.78 is 56.1. The van der Waals surface area contributed by atoms with Gasteiger partial charge in [-0.3, -0.25) is 4.90 Å². The van der Waals surface area contributed by atoms with Gasteiger partial charge in [-0.05, 0) is 38.5 Å². The summed E-state index contributed by atoms with van der Waals surface area (Å²) in [5, 5.41) is 11.3. The van der Waals surface area contributed by atoms with Crippen molar-refractivity contribution < 1.29 is 37.3 Å². The van der Waals surface area contributed by atoms with Crippen LogP contribution in [-0.4, -0.2) is 54.1 Å². The molecule has 2 unspecified atom stereocenters. The van der Waals surface area contributed by atoms with Gasteiger partial charge >= 0.3 is 12.3 Å². The number of nitrogens with zero attached hydrogens (tertiary/aromatic N) is 1. The van der Waals surface area contributed by atoms with Gasteiger partial charge < -0.3 is 19.3 Å². The highest BCUT2D eigenvalue weighted by atomic mass is 19.4. The lowest BCUT2D eigenvalue weighted by Crippen LogP contribution is -2.63. The molecule has 2 atom stereocenters. The van der Waals surface area contributed by atoms with Crippen molar-refractivity contribution in [3.05, 3.63) is 29.3 Å². The fraction of sp³-hybridized carbons (Fsp3) is 0.650. The van der Waals surface area contributed by atoms with E-state index in [0.717, 1.165) is 6.07 Å². The second-order valence-corrected chi connectivity index (χ2v) is 8.59. The molecule has 2 aliphatic rings. The first-order chi connectivity index (χ1) is 13.3. The lowest BCUT2D eigenvalue weighted by molar-refractivity contribution is -0.143. The number of halogens is 3. The summed E-state index contributed by atoms with van der Waals surface area (Å²) in [6, 6.07) is 2.58. The molecule has 0 saturated carbocycles. The van der Waals surface area contributed by atoms with Crippen LogP contribution in [0.2, 0.25) is 0 Å². The van der Waals surface area contributed by atoms with Crippen LogP contribution in [0.3, 0.4) is 0 Å². The third kappa shape index (κ3) is 4.45. The molecule has 29 heavy (non-hydrogen) atoms. The van der Waals surface area contributed by atoms with E-state index in [-0.39, 0.29) is 37.4 Å². The van der Waals surface area contributed by atoms with Gasteiger partial charge in [0.2, 0.25) is 0 Å². The number of morpholine rings is 1. The second kappa shape index (κ2) is 7.36. The Morgan fingerprint density at radius 2 is 1.79 bits per heavy atom. The number of piperidine rings is 1. The Hall–Kier alpha value is -2.00. The Bertz CT molecular complexity index is 760. The molecule has 1 amide bonds. The number of hydrogen-bond donors (Lipinski definition) is 1. The highest BCUT2D eigenvalue weighted by Crippen LogP contribution is 2.44. The van der Waals surface area contributed by atoms with Gasteiger partial charge in [-0.15, -0.1) is 0 Å². The number of ether oxygens (including phenoxy) is 3. The molecule has 0 aliphatic carbocycles. The maximum absolute atomic E-state index is 13.4. The summed E-state index contributed by atoms with van der Waals surface area (Å²) in [5.74, 6) is -0.306. The number of aliphatic hydroxyl groups is 1. The van der Waals surface area contributed by atoms with Crippen molar-refractivity contribution >= 4 is 6.09 Å². The van der Waals surface area contributed by atoms with E-state index in [2.05, 4.69) is 0 Å². The van der Waals surface area contributed by atoms with Crippen LogP contribution in [0.15, 0.2) is 18.2 Å². The molecule has 2 aliphatic heterocycles. The van der Waals surface area contributed by atoms with Crippen LogP contribution in [0, 0.1) is 0 Å². The molecule has 9 heteroatoms. The minimum absolute atomic E-state index is 0.0480. The molecule has 3 rings (SSSR count). The van der Waals surface area contributed by atoms with Gasteiger partial charge in [-0.25, -0.2) is 4.79 Å². The van der Waals surface area contributed by atoms with Crippen molar-refractivity contribution in [2.75, 3.05) is 20.3 Å². The highest BCUT2D eigenvalue weighted by Gasteiger charge is 2.50. The van der Waals surface area contributed by atoms with Crippen LogP contribution >= 0.6 is 0 Å². The van der Waals surface area contributed by atoms with E-state index in [1.54, 1.807) is 25.7 Å². The maximum atomic E-state index is 13.4. The predicted octanol–water partition coefficient (Wildman–Crippen LogP) is 3.70. The molecule has 6 nitrogen and oxygen atoms in total. The van der Waals surface area contributed by atoms with Crippen molar-refractivity contribution in [3.63, 3.8) is 0 Å². The summed E-state index contributed by atoms with van der Waals surface area (Å²) in [7, 11) is 1.17. The molecule has 1 N–H and O–H groups in total. The smallest absolute Gasteiger partial charge is 0.419 e. The summed E-state index contributed by atoms with van der Waals surface area (Å²) >= 11 is 0. The molecule has 2 heterocycles. The van der Waals surface area contributed by atoms with Crippen molar-refractivity contribution in [1.82, 2.24) is 4.90 Å². The van der Waals surface area contributed by atoms with Gasteiger partial charge in [0.25, 0.3) is 0 Å². The van der Waals surface area contributed by atoms with Crippen LogP contribution < -0.4 is 4.74 Å². The van der Waals surface area contributed by atoms with Crippen LogP contribution in [0.5, 0.6) is 5.75 Å². The maximum Gasteiger partial charge on any atom is 0.419 e. The Morgan fingerprint density at radius 3 is 2.28 bits per heavy atom. The van der Waals surface area contributed by atoms with E-state index >= 15 is 0 Å². The molecular formula is C20H26F3NO5. The first kappa shape index (κ1) is 21.7. The fourth-order valence-electron chi connectivity index (χ4n) is 4.04. The lowest BCUT2D eigenvalue weighted by Gasteiger charge is -2.51. The van der Waals surface area contributed by atoms with Crippen LogP contribution in [-0.2, 0) is 21.3 Å². The van der Waals surface area contributed by atoms with Gasteiger partial charge in [0.1, 0.15) is 11.4 Å². The van der Waals surface area contributed by atoms with Gasteiger partial charge in [0, 0.05) is 12.8 Å². The van der Waals surface area contributed by atoms with Crippen LogP contribution in [0.4, 0.5) is 18.0 Å². The molecule has 2 fully saturated rings. The third-order valence-electron chi connectivity index (χ3n) is 5.20. The number of rotatable bonds is 2. The number of amides is 1. The molecule has 1 aromatic rings. The van der Waals surface area contributed by atoms with E-state index in [1.165, 1.54) is 19.2 Å². The zero-order valence-electron chi connectivity index (χ0n) is 16.9. The Kier molecular flexibility index (Phi) is 5.51. The van der Waals surface area contributed by atoms with Crippen molar-refractivity contribution in [2.45, 2.75) is 63.1 Å². The summed E-state index contributed by atoms with van der Waals surface area (Å²) in [6.45, 7) is 5.63. The number of hydrogen-bond acceptors (Lipinski definition) is 5. The Labute approximate surface area is 167 Å². The van der Waals surface area contributed by atoms with E-state index in [1.807, 2.05) is 0 Å². The fourth-order valence-corrected chi connectivity index (χ4v) is 4.04. The topological polar surface area (TPSA) is 68.2 Å². The van der Waals surface area contributed by atoms with Crippen molar-refractivity contribution in [3.8, 4) is 5.75 Å². The molecular weight excluding hydrogens is 391 g/mol. The Balaban J connectivity index is 1.91. The van der Waals surface area contributed by atoms with E-state index < -0.39 is 41.1 Å². The molecule has 2 bridgehead atoms. The number of methoxy groups -OCH3 is 1. The zero-order chi connectivity index (χ0) is 21.6. The van der Waals surface area contributed by atoms with E-state index in [9.17, 15) is 23.1 Å². The normalized spacial score (nSPS) is 27.5. The van der Waals surface area contributed by atoms with Gasteiger partial charge in [-0.1, -0.05) is 6.07 Å². The number of benzene rings is 1. The largest absolute Gasteiger partial charge is 0.496 e. The standard InChI is InChI=1S/C20H26F3NO5/c1-18(2,3)29-17(25)24-13-8-19(26,9-14(24)11-28-10-13)12-5-6-16(27-4)15(7-12)20(21,22)23/h5-7,13-14,26H,8-11H2,1-4H3. The number of fused-ring (bicyclic) bond motifs is 2. The minimum atomic E-state index is -4.62. The van der Waals surface area contributed by atoms with E-state index in [0.29, 0.717) is 0 Å². The quantitative estimate of drug-likeness (QED) is 0.795. The average molecular weight is 417 g/mol. The average Bonchev–Trinajstić information content (AvgIpc) is 2.58. The summed E-state index contributed by atoms with van der Waals surface area (Å²) in [6.07, 6.45) is -5.03. The molecule has 1 aromatic carbocycles. The summed E-state index contributed by atoms with van der Waals surface area (Å²) in [5.41, 5.74) is -3.00. The lowest BCUT2D eigenvalue weighted by atomic mass is 9.76. The highest BCUT2D eigenvalue weighted by molar-refractivity contribution is 5.69. The Morgan fingerprint density at radius 1 is 1.21 bits per heavy atom. The third-order valence-corrected chi connectivity index (χ3v) is 5.20. The molecule has 0 radical (unpaired) electrons. The monoisotopic (exact) mass is 417 g/mol. The molecule has 0 spiro atoms. The number of alkyl halides is 3. The van der Waals surface area contributed by atoms with E-state index in [4.69, 9.17) is 14.2 Å². The van der Waals surface area contributed by atoms with Crippen LogP contribution in [0.25, 0.3) is 0 Å². The first-order valence-electron chi connectivity index (χ1n) is 9.41. The van der Waals surface area contributed by atoms with Crippen molar-refractivity contribution in [1.29, 1.82) is 0 Å². The first-order valence-corrected chi connectivity index (χ1v) is 9.41. The summed E-state index contributed by atoms with van der Waals surface area (Å²) in [4.78, 5) is 14.2. The van der Waals surface area contributed by atoms with Gasteiger partial charge in [-0.2, -0.15) is 13.2 Å². The van der Waals surface area contributed by atoms with Crippen molar-refractivity contribution in [2.24, 2.45) is 0 Å². The number of carbonyl (C=O) groups excluding carboxylic acids is 1. The van der Waals surface area contributed by atoms with Gasteiger partial charge in [0.15, 0.2) is 0 Å². The molecule has 2 saturated heterocycles. The zero-order valence-corrected chi connectivity index (χ0v) is 16.9. The van der Waals surface area contributed by atoms with Crippen LogP contribution in [0.1, 0.15) is 44.7 Å². The molecule has 0 aromatic heterocycles. The second-order valence-electron chi connectivity index (χ2n) is 8.59. The predicted molar refractivity (Wildman–Crippen MR) is 97.6 cm³/mol.